The molecule has 0 saturated heterocycles. The van der Waals surface area contributed by atoms with Crippen LogP contribution < -0.4 is 10.1 Å². The third-order valence-corrected chi connectivity index (χ3v) is 5.44. The fraction of sp³-hybridized carbons (Fsp3) is 0.333. The Balaban J connectivity index is 1.96. The largest absolute Gasteiger partial charge is 0.483 e. The zero-order valence-corrected chi connectivity index (χ0v) is 18.3. The summed E-state index contributed by atoms with van der Waals surface area (Å²) >= 11 is 7.33. The van der Waals surface area contributed by atoms with Crippen molar-refractivity contribution in [3.63, 3.8) is 0 Å². The van der Waals surface area contributed by atoms with E-state index >= 15 is 0 Å². The average molecular weight is 421 g/mol. The highest BCUT2D eigenvalue weighted by Crippen LogP contribution is 2.32. The molecule has 7 heteroatoms. The number of nitrogens with zero attached hydrogens (tertiary/aromatic N) is 1. The number of hydrogen-bond acceptors (Lipinski definition) is 4. The Bertz CT molecular complexity index is 851. The van der Waals surface area contributed by atoms with E-state index in [4.69, 9.17) is 16.3 Å². The zero-order chi connectivity index (χ0) is 20.8. The molecule has 0 saturated carbocycles. The first-order chi connectivity index (χ1) is 13.2. The van der Waals surface area contributed by atoms with Crippen LogP contribution in [0.15, 0.2) is 41.3 Å². The molecule has 0 bridgehead atoms. The maximum Gasteiger partial charge on any atom is 0.285 e. The number of nitrogens with one attached hydrogen (secondary N) is 1. The number of benzene rings is 2. The lowest BCUT2D eigenvalue weighted by atomic mass is 10.0. The molecule has 0 unspecified atom stereocenters. The molecule has 28 heavy (non-hydrogen) atoms. The van der Waals surface area contributed by atoms with Gasteiger partial charge in [0.25, 0.3) is 11.1 Å². The number of halogens is 1. The van der Waals surface area contributed by atoms with Crippen LogP contribution in [0.25, 0.3) is 0 Å². The molecule has 1 N–H and O–H groups in total. The third kappa shape index (κ3) is 6.17. The number of rotatable bonds is 6. The number of carbonyl (C=O) groups excluding carboxylic acids is 2. The van der Waals surface area contributed by atoms with E-state index < -0.39 is 0 Å². The number of carbonyl (C=O) groups is 2. The minimum Gasteiger partial charge on any atom is -0.483 e. The first-order valence-corrected chi connectivity index (χ1v) is 10.1. The number of hydrogen-bond donors (Lipinski definition) is 1. The van der Waals surface area contributed by atoms with Crippen LogP contribution in [0.3, 0.4) is 0 Å². The molecule has 0 aliphatic heterocycles. The second kappa shape index (κ2) is 9.85. The summed E-state index contributed by atoms with van der Waals surface area (Å²) in [6.07, 6.45) is 0. The Morgan fingerprint density at radius 1 is 1.18 bits per heavy atom. The van der Waals surface area contributed by atoms with Gasteiger partial charge in [-0.1, -0.05) is 25.4 Å². The standard InChI is InChI=1S/C21H25ClN2O3S/c1-13(2)17-11-18(22)14(3)10-19(17)27-12-20(25)23-15-6-8-16(9-7-15)28-21(26)24(4)5/h6-11,13H,12H2,1-5H3,(H,23,25). The molecule has 5 nitrogen and oxygen atoms in total. The summed E-state index contributed by atoms with van der Waals surface area (Å²) in [7, 11) is 3.41. The van der Waals surface area contributed by atoms with E-state index in [1.807, 2.05) is 19.1 Å². The summed E-state index contributed by atoms with van der Waals surface area (Å²) in [5, 5.41) is 3.43. The van der Waals surface area contributed by atoms with Crippen molar-refractivity contribution in [1.82, 2.24) is 4.90 Å². The van der Waals surface area contributed by atoms with Gasteiger partial charge in [0.05, 0.1) is 0 Å². The number of anilines is 1. The summed E-state index contributed by atoms with van der Waals surface area (Å²) in [6.45, 7) is 5.90. The van der Waals surface area contributed by atoms with Gasteiger partial charge in [0.2, 0.25) is 0 Å². The molecule has 0 fully saturated rings. The molecule has 0 heterocycles. The van der Waals surface area contributed by atoms with Gasteiger partial charge in [0.1, 0.15) is 5.75 Å². The molecular weight excluding hydrogens is 396 g/mol. The number of ether oxygens (including phenoxy) is 1. The van der Waals surface area contributed by atoms with E-state index in [2.05, 4.69) is 19.2 Å². The third-order valence-electron chi connectivity index (χ3n) is 3.98. The van der Waals surface area contributed by atoms with Gasteiger partial charge >= 0.3 is 0 Å². The number of aryl methyl sites for hydroxylation is 1. The van der Waals surface area contributed by atoms with Gasteiger partial charge in [0.15, 0.2) is 6.61 Å². The molecule has 2 rings (SSSR count). The quantitative estimate of drug-likeness (QED) is 0.621. The second-order valence-electron chi connectivity index (χ2n) is 6.92. The molecule has 0 aliphatic carbocycles. The normalized spacial score (nSPS) is 10.7. The van der Waals surface area contributed by atoms with Gasteiger partial charge in [-0.2, -0.15) is 0 Å². The van der Waals surface area contributed by atoms with Gasteiger partial charge in [-0.25, -0.2) is 0 Å². The Labute approximate surface area is 175 Å². The maximum absolute atomic E-state index is 12.2. The van der Waals surface area contributed by atoms with Crippen LogP contribution in [-0.2, 0) is 4.79 Å². The van der Waals surface area contributed by atoms with Crippen molar-refractivity contribution in [1.29, 1.82) is 0 Å². The van der Waals surface area contributed by atoms with Crippen molar-refractivity contribution in [3.8, 4) is 5.75 Å². The van der Waals surface area contributed by atoms with Gasteiger partial charge in [-0.05, 0) is 72.1 Å². The highest BCUT2D eigenvalue weighted by atomic mass is 35.5. The number of amides is 2. The first-order valence-electron chi connectivity index (χ1n) is 8.89. The van der Waals surface area contributed by atoms with E-state index in [0.717, 1.165) is 27.8 Å². The van der Waals surface area contributed by atoms with E-state index in [-0.39, 0.29) is 23.7 Å². The second-order valence-corrected chi connectivity index (χ2v) is 8.35. The smallest absolute Gasteiger partial charge is 0.285 e. The van der Waals surface area contributed by atoms with Crippen LogP contribution in [0.1, 0.15) is 30.9 Å². The van der Waals surface area contributed by atoms with Crippen molar-refractivity contribution in [2.24, 2.45) is 0 Å². The molecule has 2 aromatic rings. The predicted molar refractivity (Wildman–Crippen MR) is 116 cm³/mol. The Morgan fingerprint density at radius 2 is 1.82 bits per heavy atom. The van der Waals surface area contributed by atoms with Crippen LogP contribution in [0.4, 0.5) is 10.5 Å². The SMILES string of the molecule is Cc1cc(OCC(=O)Nc2ccc(SC(=O)N(C)C)cc2)c(C(C)C)cc1Cl. The molecule has 2 amide bonds. The topological polar surface area (TPSA) is 58.6 Å². The van der Waals surface area contributed by atoms with Crippen LogP contribution in [0, 0.1) is 6.92 Å². The van der Waals surface area contributed by atoms with Crippen molar-refractivity contribution in [2.75, 3.05) is 26.0 Å². The molecule has 0 aromatic heterocycles. The zero-order valence-electron chi connectivity index (χ0n) is 16.7. The van der Waals surface area contributed by atoms with Gasteiger partial charge in [-0.15, -0.1) is 0 Å². The van der Waals surface area contributed by atoms with E-state index in [0.29, 0.717) is 16.5 Å². The van der Waals surface area contributed by atoms with Crippen LogP contribution >= 0.6 is 23.4 Å². The Morgan fingerprint density at radius 3 is 2.39 bits per heavy atom. The summed E-state index contributed by atoms with van der Waals surface area (Å²) in [5.74, 6) is 0.638. The van der Waals surface area contributed by atoms with Crippen LogP contribution in [-0.4, -0.2) is 36.7 Å². The molecule has 0 spiro atoms. The Hall–Kier alpha value is -2.18. The monoisotopic (exact) mass is 420 g/mol. The Kier molecular flexibility index (Phi) is 7.78. The first kappa shape index (κ1) is 22.1. The minimum atomic E-state index is -0.257. The summed E-state index contributed by atoms with van der Waals surface area (Å²) < 4.78 is 5.75. The highest BCUT2D eigenvalue weighted by Gasteiger charge is 2.13. The van der Waals surface area contributed by atoms with Crippen molar-refractivity contribution in [3.05, 3.63) is 52.5 Å². The fourth-order valence-corrected chi connectivity index (χ4v) is 3.21. The van der Waals surface area contributed by atoms with Crippen LogP contribution in [0.2, 0.25) is 5.02 Å². The predicted octanol–water partition coefficient (Wildman–Crippen LogP) is 5.56. The lowest BCUT2D eigenvalue weighted by Crippen LogP contribution is -2.20. The van der Waals surface area contributed by atoms with Crippen molar-refractivity contribution >= 4 is 40.2 Å². The summed E-state index contributed by atoms with van der Waals surface area (Å²) in [5.41, 5.74) is 2.52. The fourth-order valence-electron chi connectivity index (χ4n) is 2.39. The maximum atomic E-state index is 12.2. The molecular formula is C21H25ClN2O3S. The van der Waals surface area contributed by atoms with E-state index in [1.165, 1.54) is 4.90 Å². The molecule has 2 aromatic carbocycles. The highest BCUT2D eigenvalue weighted by molar-refractivity contribution is 8.13. The lowest BCUT2D eigenvalue weighted by molar-refractivity contribution is -0.118. The van der Waals surface area contributed by atoms with Gasteiger partial charge in [-0.3, -0.25) is 9.59 Å². The molecule has 0 radical (unpaired) electrons. The average Bonchev–Trinajstić information content (AvgIpc) is 2.63. The van der Waals surface area contributed by atoms with Gasteiger partial charge in [0, 0.05) is 29.7 Å². The van der Waals surface area contributed by atoms with E-state index in [1.54, 1.807) is 38.4 Å². The summed E-state index contributed by atoms with van der Waals surface area (Å²) in [6, 6.07) is 10.9. The lowest BCUT2D eigenvalue weighted by Gasteiger charge is -2.16. The molecule has 150 valence electrons. The van der Waals surface area contributed by atoms with Gasteiger partial charge < -0.3 is 15.0 Å². The minimum absolute atomic E-state index is 0.0515. The van der Waals surface area contributed by atoms with Crippen LogP contribution in [0.5, 0.6) is 5.75 Å². The molecule has 0 atom stereocenters. The molecule has 0 aliphatic rings. The summed E-state index contributed by atoms with van der Waals surface area (Å²) in [4.78, 5) is 26.3. The van der Waals surface area contributed by atoms with Crippen molar-refractivity contribution < 1.29 is 14.3 Å². The van der Waals surface area contributed by atoms with E-state index in [9.17, 15) is 9.59 Å². The number of thioether (sulfide) groups is 1. The van der Waals surface area contributed by atoms with Crippen molar-refractivity contribution in [2.45, 2.75) is 31.6 Å².